The van der Waals surface area contributed by atoms with Gasteiger partial charge >= 0.3 is 13.7 Å². The minimum atomic E-state index is -3.92. The molecule has 0 fully saturated rings. The lowest BCUT2D eigenvalue weighted by molar-refractivity contribution is -0.146. The highest BCUT2D eigenvalue weighted by Crippen LogP contribution is 2.45. The Bertz CT molecular complexity index is 907. The van der Waals surface area contributed by atoms with Crippen LogP contribution in [0.15, 0.2) is 91.0 Å². The van der Waals surface area contributed by atoms with Gasteiger partial charge in [0.25, 0.3) is 0 Å². The normalized spacial score (nSPS) is 10.9. The van der Waals surface area contributed by atoms with E-state index >= 15 is 0 Å². The van der Waals surface area contributed by atoms with Gasteiger partial charge in [0.1, 0.15) is 24.1 Å². The van der Waals surface area contributed by atoms with Crippen LogP contribution in [0, 0.1) is 0 Å². The predicted molar refractivity (Wildman–Crippen MR) is 133 cm³/mol. The van der Waals surface area contributed by atoms with E-state index in [4.69, 9.17) is 13.8 Å². The van der Waals surface area contributed by atoms with E-state index in [1.54, 1.807) is 55.5 Å². The molecule has 1 atom stereocenters. The molecule has 6 nitrogen and oxygen atoms in total. The molecular formula is C26H34NO5P. The average molecular weight is 472 g/mol. The molecule has 3 rings (SSSR count). The molecule has 0 spiro atoms. The predicted octanol–water partition coefficient (Wildman–Crippen LogP) is 7.03. The van der Waals surface area contributed by atoms with Gasteiger partial charge in [-0.2, -0.15) is 5.09 Å². The van der Waals surface area contributed by atoms with Crippen LogP contribution in [0.5, 0.6) is 11.5 Å². The second-order valence-electron chi connectivity index (χ2n) is 6.25. The molecule has 178 valence electrons. The summed E-state index contributed by atoms with van der Waals surface area (Å²) in [4.78, 5) is 12.4. The summed E-state index contributed by atoms with van der Waals surface area (Å²) in [7, 11) is -3.92. The lowest BCUT2D eigenvalue weighted by Crippen LogP contribution is -2.35. The molecule has 0 aliphatic heterocycles. The molecule has 0 amide bonds. The first-order valence-electron chi connectivity index (χ1n) is 11.1. The Morgan fingerprint density at radius 3 is 1.58 bits per heavy atom. The number of esters is 1. The first-order valence-corrected chi connectivity index (χ1v) is 12.7. The average Bonchev–Trinajstić information content (AvgIpc) is 2.86. The zero-order valence-corrected chi connectivity index (χ0v) is 20.8. The van der Waals surface area contributed by atoms with Gasteiger partial charge in [0, 0.05) is 0 Å². The molecule has 0 unspecified atom stereocenters. The summed E-state index contributed by atoms with van der Waals surface area (Å²) >= 11 is 0. The summed E-state index contributed by atoms with van der Waals surface area (Å²) in [5.74, 6) is 0.135. The lowest BCUT2D eigenvalue weighted by atomic mass is 10.2. The Morgan fingerprint density at radius 1 is 0.758 bits per heavy atom. The van der Waals surface area contributed by atoms with E-state index in [9.17, 15) is 9.36 Å². The van der Waals surface area contributed by atoms with Crippen LogP contribution in [-0.2, 0) is 20.7 Å². The molecule has 0 radical (unpaired) electrons. The molecule has 3 aromatic rings. The van der Waals surface area contributed by atoms with Crippen molar-refractivity contribution in [2.75, 3.05) is 0 Å². The second kappa shape index (κ2) is 15.7. The number of hydrogen-bond acceptors (Lipinski definition) is 5. The van der Waals surface area contributed by atoms with Gasteiger partial charge < -0.3 is 13.8 Å². The Kier molecular flexibility index (Phi) is 13.3. The van der Waals surface area contributed by atoms with Crippen LogP contribution in [0.3, 0.4) is 0 Å². The topological polar surface area (TPSA) is 73.9 Å². The number of ether oxygens (including phenoxy) is 1. The summed E-state index contributed by atoms with van der Waals surface area (Å²) in [6, 6.07) is 25.6. The molecule has 0 saturated heterocycles. The standard InChI is InChI=1S/C22H22NO5P.2C2H6/c1-18(22(24)26-17-19-11-5-2-6-12-19)23-29(25,27-20-13-7-3-8-14-20)28-21-15-9-4-10-16-21;2*1-2/h2-16,18H,17H2,1H3,(H,23,25);2*1-2H3/t18-;;/m0../s1. The van der Waals surface area contributed by atoms with Crippen molar-refractivity contribution in [3.63, 3.8) is 0 Å². The maximum atomic E-state index is 13.4. The first kappa shape index (κ1) is 28.0. The quantitative estimate of drug-likeness (QED) is 0.267. The van der Waals surface area contributed by atoms with E-state index in [1.165, 1.54) is 0 Å². The molecule has 7 heteroatoms. The number of benzene rings is 3. The van der Waals surface area contributed by atoms with Crippen molar-refractivity contribution in [1.82, 2.24) is 5.09 Å². The molecule has 0 bridgehead atoms. The Morgan fingerprint density at radius 2 is 1.15 bits per heavy atom. The molecule has 3 aromatic carbocycles. The van der Waals surface area contributed by atoms with Gasteiger partial charge in [-0.05, 0) is 36.8 Å². The molecule has 0 aliphatic rings. The van der Waals surface area contributed by atoms with Gasteiger partial charge in [0.2, 0.25) is 0 Å². The third kappa shape index (κ3) is 10.4. The molecule has 0 saturated carbocycles. The third-order valence-electron chi connectivity index (χ3n) is 3.87. The number of hydrogen-bond donors (Lipinski definition) is 1. The Balaban J connectivity index is 0.00000129. The summed E-state index contributed by atoms with van der Waals surface area (Å²) in [5, 5.41) is 2.66. The van der Waals surface area contributed by atoms with Crippen LogP contribution >= 0.6 is 7.75 Å². The summed E-state index contributed by atoms with van der Waals surface area (Å²) < 4.78 is 29.9. The van der Waals surface area contributed by atoms with Gasteiger partial charge in [-0.3, -0.25) is 4.79 Å². The fourth-order valence-corrected chi connectivity index (χ4v) is 3.98. The zero-order chi connectivity index (χ0) is 24.5. The van der Waals surface area contributed by atoms with Gasteiger partial charge in [-0.1, -0.05) is 94.4 Å². The number of para-hydroxylation sites is 2. The number of nitrogens with one attached hydrogen (secondary N) is 1. The fraction of sp³-hybridized carbons (Fsp3) is 0.269. The van der Waals surface area contributed by atoms with Gasteiger partial charge in [-0.25, -0.2) is 4.57 Å². The number of carbonyl (C=O) groups is 1. The highest BCUT2D eigenvalue weighted by atomic mass is 31.2. The second-order valence-corrected chi connectivity index (χ2v) is 7.87. The Labute approximate surface area is 197 Å². The SMILES string of the molecule is CC.CC.C[C@H](NP(=O)(Oc1ccccc1)Oc1ccccc1)C(=O)OCc1ccccc1. The fourth-order valence-electron chi connectivity index (χ4n) is 2.46. The van der Waals surface area contributed by atoms with Gasteiger partial charge in [-0.15, -0.1) is 0 Å². The maximum absolute atomic E-state index is 13.4. The zero-order valence-electron chi connectivity index (χ0n) is 19.9. The van der Waals surface area contributed by atoms with Crippen molar-refractivity contribution in [3.05, 3.63) is 96.6 Å². The van der Waals surface area contributed by atoms with Crippen LogP contribution < -0.4 is 14.1 Å². The van der Waals surface area contributed by atoms with Crippen molar-refractivity contribution in [2.45, 2.75) is 47.3 Å². The molecule has 33 heavy (non-hydrogen) atoms. The van der Waals surface area contributed by atoms with E-state index in [2.05, 4.69) is 5.09 Å². The van der Waals surface area contributed by atoms with E-state index in [1.807, 2.05) is 70.2 Å². The van der Waals surface area contributed by atoms with Crippen LogP contribution in [0.25, 0.3) is 0 Å². The minimum absolute atomic E-state index is 0.120. The van der Waals surface area contributed by atoms with Gasteiger partial charge in [0.05, 0.1) is 0 Å². The molecule has 0 aliphatic carbocycles. The molecule has 0 aromatic heterocycles. The first-order chi connectivity index (χ1) is 16.0. The van der Waals surface area contributed by atoms with Crippen LogP contribution in [0.4, 0.5) is 0 Å². The smallest absolute Gasteiger partial charge is 0.460 e. The third-order valence-corrected chi connectivity index (χ3v) is 5.47. The number of rotatable bonds is 9. The summed E-state index contributed by atoms with van der Waals surface area (Å²) in [6.45, 7) is 9.66. The van der Waals surface area contributed by atoms with Crippen molar-refractivity contribution in [1.29, 1.82) is 0 Å². The van der Waals surface area contributed by atoms with Crippen LogP contribution in [0.2, 0.25) is 0 Å². The van der Waals surface area contributed by atoms with Crippen LogP contribution in [0.1, 0.15) is 40.2 Å². The largest absolute Gasteiger partial charge is 0.513 e. The van der Waals surface area contributed by atoms with E-state index < -0.39 is 19.8 Å². The van der Waals surface area contributed by atoms with E-state index in [0.717, 1.165) is 5.56 Å². The van der Waals surface area contributed by atoms with Crippen molar-refractivity contribution >= 4 is 13.7 Å². The monoisotopic (exact) mass is 471 g/mol. The molecular weight excluding hydrogens is 437 g/mol. The van der Waals surface area contributed by atoms with E-state index in [0.29, 0.717) is 11.5 Å². The molecule has 1 N–H and O–H groups in total. The highest BCUT2D eigenvalue weighted by molar-refractivity contribution is 7.52. The summed E-state index contributed by atoms with van der Waals surface area (Å²) in [5.41, 5.74) is 0.859. The Hall–Kier alpha value is -3.08. The van der Waals surface area contributed by atoms with Crippen molar-refractivity contribution < 1.29 is 23.1 Å². The maximum Gasteiger partial charge on any atom is 0.513 e. The molecule has 0 heterocycles. The van der Waals surface area contributed by atoms with Crippen LogP contribution in [-0.4, -0.2) is 12.0 Å². The highest BCUT2D eigenvalue weighted by Gasteiger charge is 2.33. The number of carbonyl (C=O) groups excluding carboxylic acids is 1. The van der Waals surface area contributed by atoms with E-state index in [-0.39, 0.29) is 6.61 Å². The van der Waals surface area contributed by atoms with Gasteiger partial charge in [0.15, 0.2) is 0 Å². The summed E-state index contributed by atoms with van der Waals surface area (Å²) in [6.07, 6.45) is 0. The lowest BCUT2D eigenvalue weighted by Gasteiger charge is -2.23. The van der Waals surface area contributed by atoms with Crippen molar-refractivity contribution in [2.24, 2.45) is 0 Å². The van der Waals surface area contributed by atoms with Crippen molar-refractivity contribution in [3.8, 4) is 11.5 Å². The minimum Gasteiger partial charge on any atom is -0.460 e.